The molecule has 1 aromatic rings. The highest BCUT2D eigenvalue weighted by molar-refractivity contribution is 5.22. The van der Waals surface area contributed by atoms with E-state index in [9.17, 15) is 8.78 Å². The number of allylic oxidation sites excluding steroid dienone is 4. The number of benzene rings is 1. The van der Waals surface area contributed by atoms with Gasteiger partial charge in [0.25, 0.3) is 0 Å². The van der Waals surface area contributed by atoms with Crippen LogP contribution in [0, 0.1) is 34.8 Å². The molecule has 0 aromatic heterocycles. The monoisotopic (exact) mass is 413 g/mol. The molecule has 3 rings (SSSR count). The molecule has 1 aromatic carbocycles. The number of hydrogen-bond donors (Lipinski definition) is 0. The lowest BCUT2D eigenvalue weighted by Gasteiger charge is -2.32. The first-order valence-electron chi connectivity index (χ1n) is 11.4. The van der Waals surface area contributed by atoms with Gasteiger partial charge >= 0.3 is 0 Å². The molecule has 0 spiro atoms. The molecule has 162 valence electrons. The lowest BCUT2D eigenvalue weighted by Crippen LogP contribution is -2.25. The third-order valence-electron chi connectivity index (χ3n) is 6.78. The second kappa shape index (κ2) is 12.0. The summed E-state index contributed by atoms with van der Waals surface area (Å²) in [6.45, 7) is 0.867. The molecule has 0 saturated heterocycles. The van der Waals surface area contributed by atoms with E-state index < -0.39 is 11.6 Å². The molecule has 0 bridgehead atoms. The standard InChI is InChI=1S/C26H33F2NO/c27-25-16-13-23(18-26(25)28)22-11-14-24(15-12-22)30-19-21-9-7-20(8-10-21)6-4-2-1-3-5-17-29/h1-3,5,13,16,18,20-22,24H,4,6-12,14-15,19H2/b2-1+,5-3+. The first-order valence-corrected chi connectivity index (χ1v) is 11.4. The van der Waals surface area contributed by atoms with Crippen LogP contribution < -0.4 is 0 Å². The fraction of sp³-hybridized carbons (Fsp3) is 0.577. The Bertz CT molecular complexity index is 751. The van der Waals surface area contributed by atoms with Crippen molar-refractivity contribution in [2.75, 3.05) is 6.61 Å². The van der Waals surface area contributed by atoms with Gasteiger partial charge in [0.1, 0.15) is 0 Å². The SMILES string of the molecule is N#C/C=C/C=C/CCC1CCC(COC2CCC(c3ccc(F)c(F)c3)CC2)CC1. The maximum atomic E-state index is 13.5. The van der Waals surface area contributed by atoms with Gasteiger partial charge in [-0.15, -0.1) is 0 Å². The molecule has 0 aliphatic heterocycles. The smallest absolute Gasteiger partial charge is 0.159 e. The lowest BCUT2D eigenvalue weighted by molar-refractivity contribution is -0.00476. The van der Waals surface area contributed by atoms with Gasteiger partial charge < -0.3 is 4.74 Å². The highest BCUT2D eigenvalue weighted by Gasteiger charge is 2.26. The number of rotatable bonds is 8. The fourth-order valence-electron chi connectivity index (χ4n) is 4.89. The molecule has 0 unspecified atom stereocenters. The molecule has 4 heteroatoms. The molecule has 0 N–H and O–H groups in total. The van der Waals surface area contributed by atoms with E-state index in [2.05, 4.69) is 6.08 Å². The number of ether oxygens (including phenoxy) is 1. The van der Waals surface area contributed by atoms with Gasteiger partial charge in [0.05, 0.1) is 12.2 Å². The van der Waals surface area contributed by atoms with E-state index in [-0.39, 0.29) is 0 Å². The molecule has 0 atom stereocenters. The molecule has 2 fully saturated rings. The quantitative estimate of drug-likeness (QED) is 0.333. The Morgan fingerprint density at radius 3 is 2.37 bits per heavy atom. The third-order valence-corrected chi connectivity index (χ3v) is 6.78. The van der Waals surface area contributed by atoms with E-state index in [1.54, 1.807) is 12.1 Å². The fourth-order valence-corrected chi connectivity index (χ4v) is 4.89. The van der Waals surface area contributed by atoms with Crippen LogP contribution in [0.1, 0.15) is 75.7 Å². The minimum atomic E-state index is -0.769. The Kier molecular flexibility index (Phi) is 9.08. The van der Waals surface area contributed by atoms with Crippen LogP contribution in [0.5, 0.6) is 0 Å². The topological polar surface area (TPSA) is 33.0 Å². The van der Waals surface area contributed by atoms with E-state index in [0.717, 1.165) is 50.2 Å². The summed E-state index contributed by atoms with van der Waals surface area (Å²) in [4.78, 5) is 0. The second-order valence-electron chi connectivity index (χ2n) is 8.86. The second-order valence-corrected chi connectivity index (χ2v) is 8.86. The summed E-state index contributed by atoms with van der Waals surface area (Å²) in [6.07, 6.45) is 19.1. The summed E-state index contributed by atoms with van der Waals surface area (Å²) < 4.78 is 32.9. The molecule has 2 nitrogen and oxygen atoms in total. The molecule has 30 heavy (non-hydrogen) atoms. The summed E-state index contributed by atoms with van der Waals surface area (Å²) >= 11 is 0. The van der Waals surface area contributed by atoms with Crippen molar-refractivity contribution in [3.05, 3.63) is 59.7 Å². The highest BCUT2D eigenvalue weighted by atomic mass is 19.2. The maximum Gasteiger partial charge on any atom is 0.159 e. The van der Waals surface area contributed by atoms with Crippen LogP contribution in [-0.2, 0) is 4.74 Å². The van der Waals surface area contributed by atoms with Gasteiger partial charge in [-0.05, 0) is 86.8 Å². The number of halogens is 2. The van der Waals surface area contributed by atoms with Crippen molar-refractivity contribution in [1.29, 1.82) is 5.26 Å². The summed E-state index contributed by atoms with van der Waals surface area (Å²) in [5, 5.41) is 8.45. The molecule has 0 heterocycles. The van der Waals surface area contributed by atoms with Crippen LogP contribution in [0.3, 0.4) is 0 Å². The van der Waals surface area contributed by atoms with Gasteiger partial charge in [-0.2, -0.15) is 5.26 Å². The first-order chi connectivity index (χ1) is 14.7. The summed E-state index contributed by atoms with van der Waals surface area (Å²) in [7, 11) is 0. The molecule has 2 aliphatic rings. The Balaban J connectivity index is 1.29. The van der Waals surface area contributed by atoms with Crippen molar-refractivity contribution in [2.24, 2.45) is 11.8 Å². The van der Waals surface area contributed by atoms with E-state index in [0.29, 0.717) is 17.9 Å². The van der Waals surface area contributed by atoms with Crippen LogP contribution in [0.2, 0.25) is 0 Å². The Labute approximate surface area is 179 Å². The van der Waals surface area contributed by atoms with Crippen LogP contribution in [0.4, 0.5) is 8.78 Å². The zero-order chi connectivity index (χ0) is 21.2. The van der Waals surface area contributed by atoms with Crippen molar-refractivity contribution < 1.29 is 13.5 Å². The Morgan fingerprint density at radius 2 is 1.67 bits per heavy atom. The number of nitriles is 1. The zero-order valence-electron chi connectivity index (χ0n) is 17.7. The van der Waals surface area contributed by atoms with Gasteiger partial charge in [-0.25, -0.2) is 8.78 Å². The Morgan fingerprint density at radius 1 is 0.933 bits per heavy atom. The highest BCUT2D eigenvalue weighted by Crippen LogP contribution is 2.36. The Hall–Kier alpha value is -1.99. The van der Waals surface area contributed by atoms with E-state index in [1.165, 1.54) is 50.3 Å². The van der Waals surface area contributed by atoms with Crippen molar-refractivity contribution in [3.63, 3.8) is 0 Å². The summed E-state index contributed by atoms with van der Waals surface area (Å²) in [5.41, 5.74) is 0.918. The van der Waals surface area contributed by atoms with Crippen molar-refractivity contribution in [2.45, 2.75) is 76.2 Å². The van der Waals surface area contributed by atoms with Crippen LogP contribution in [-0.4, -0.2) is 12.7 Å². The molecular weight excluding hydrogens is 380 g/mol. The zero-order valence-corrected chi connectivity index (χ0v) is 17.7. The van der Waals surface area contributed by atoms with Crippen LogP contribution in [0.15, 0.2) is 42.5 Å². The van der Waals surface area contributed by atoms with Gasteiger partial charge in [-0.1, -0.05) is 37.1 Å². The van der Waals surface area contributed by atoms with Gasteiger partial charge in [-0.3, -0.25) is 0 Å². The van der Waals surface area contributed by atoms with Crippen molar-refractivity contribution >= 4 is 0 Å². The van der Waals surface area contributed by atoms with E-state index >= 15 is 0 Å². The predicted molar refractivity (Wildman–Crippen MR) is 116 cm³/mol. The minimum absolute atomic E-state index is 0.316. The van der Waals surface area contributed by atoms with Crippen LogP contribution in [0.25, 0.3) is 0 Å². The molecule has 0 amide bonds. The predicted octanol–water partition coefficient (Wildman–Crippen LogP) is 7.23. The molecule has 2 aliphatic carbocycles. The minimum Gasteiger partial charge on any atom is -0.378 e. The molecule has 2 saturated carbocycles. The maximum absolute atomic E-state index is 13.5. The number of hydrogen-bond acceptors (Lipinski definition) is 2. The lowest BCUT2D eigenvalue weighted by atomic mass is 9.80. The number of nitrogens with zero attached hydrogens (tertiary/aromatic N) is 1. The van der Waals surface area contributed by atoms with Crippen molar-refractivity contribution in [3.8, 4) is 6.07 Å². The summed E-state index contributed by atoms with van der Waals surface area (Å²) in [5.74, 6) is 0.305. The van der Waals surface area contributed by atoms with Gasteiger partial charge in [0.15, 0.2) is 11.6 Å². The average molecular weight is 414 g/mol. The third kappa shape index (κ3) is 7.06. The summed E-state index contributed by atoms with van der Waals surface area (Å²) in [6, 6.07) is 6.32. The van der Waals surface area contributed by atoms with Gasteiger partial charge in [0.2, 0.25) is 0 Å². The average Bonchev–Trinajstić information content (AvgIpc) is 2.78. The first kappa shape index (κ1) is 22.7. The van der Waals surface area contributed by atoms with Gasteiger partial charge in [0, 0.05) is 12.7 Å². The van der Waals surface area contributed by atoms with Crippen molar-refractivity contribution in [1.82, 2.24) is 0 Å². The van der Waals surface area contributed by atoms with E-state index in [4.69, 9.17) is 10.00 Å². The van der Waals surface area contributed by atoms with E-state index in [1.807, 2.05) is 12.1 Å². The normalized spacial score (nSPS) is 27.5. The van der Waals surface area contributed by atoms with Crippen LogP contribution >= 0.6 is 0 Å². The molecular formula is C26H33F2NO. The largest absolute Gasteiger partial charge is 0.378 e. The molecule has 0 radical (unpaired) electrons.